The quantitative estimate of drug-likeness (QED) is 0.578. The SMILES string of the molecule is CCC(=O)[C@@H]1C[C@@H](C)[C@]2(CC(=O)[C@@]3(C)C4=C(CC[C@@]32C)[C@@]2(C)CC[C@H](O)[C@](C)(CO)[C@@H]2CC4)O1. The Morgan fingerprint density at radius 2 is 1.79 bits per heavy atom. The first kappa shape index (κ1) is 24.6. The van der Waals surface area contributed by atoms with E-state index in [4.69, 9.17) is 4.74 Å². The molecule has 5 aliphatic rings. The van der Waals surface area contributed by atoms with Crippen molar-refractivity contribution in [3.8, 4) is 0 Å². The molecule has 190 valence electrons. The summed E-state index contributed by atoms with van der Waals surface area (Å²) in [4.78, 5) is 26.7. The molecule has 3 fully saturated rings. The van der Waals surface area contributed by atoms with Gasteiger partial charge in [-0.25, -0.2) is 0 Å². The van der Waals surface area contributed by atoms with Gasteiger partial charge < -0.3 is 14.9 Å². The van der Waals surface area contributed by atoms with Crippen LogP contribution in [0.15, 0.2) is 11.1 Å². The molecule has 0 aromatic carbocycles. The van der Waals surface area contributed by atoms with Gasteiger partial charge in [-0.15, -0.1) is 0 Å². The number of fused-ring (bicyclic) bond motifs is 5. The number of aliphatic hydroxyl groups excluding tert-OH is 2. The van der Waals surface area contributed by atoms with Gasteiger partial charge in [0.2, 0.25) is 0 Å². The Hall–Kier alpha value is -1.04. The average Bonchev–Trinajstić information content (AvgIpc) is 3.23. The van der Waals surface area contributed by atoms with Crippen molar-refractivity contribution in [2.45, 2.75) is 117 Å². The van der Waals surface area contributed by atoms with Crippen LogP contribution >= 0.6 is 0 Å². The highest BCUT2D eigenvalue weighted by atomic mass is 16.5. The summed E-state index contributed by atoms with van der Waals surface area (Å²) in [5, 5.41) is 21.2. The summed E-state index contributed by atoms with van der Waals surface area (Å²) in [7, 11) is 0. The lowest BCUT2D eigenvalue weighted by Crippen LogP contribution is -2.59. The minimum absolute atomic E-state index is 0.00768. The van der Waals surface area contributed by atoms with E-state index in [0.717, 1.165) is 32.1 Å². The Bertz CT molecular complexity index is 954. The molecule has 1 saturated heterocycles. The highest BCUT2D eigenvalue weighted by Gasteiger charge is 2.75. The topological polar surface area (TPSA) is 83.8 Å². The molecular formula is C29H44O5. The maximum absolute atomic E-state index is 14.1. The van der Waals surface area contributed by atoms with Crippen LogP contribution in [0.25, 0.3) is 0 Å². The lowest BCUT2D eigenvalue weighted by molar-refractivity contribution is -0.164. The second-order valence-electron chi connectivity index (χ2n) is 13.2. The fourth-order valence-corrected chi connectivity index (χ4v) is 9.82. The van der Waals surface area contributed by atoms with Crippen molar-refractivity contribution in [2.24, 2.45) is 33.5 Å². The molecule has 0 amide bonds. The molecule has 34 heavy (non-hydrogen) atoms. The maximum Gasteiger partial charge on any atom is 0.161 e. The van der Waals surface area contributed by atoms with Gasteiger partial charge in [0.05, 0.1) is 23.7 Å². The molecule has 5 nitrogen and oxygen atoms in total. The third kappa shape index (κ3) is 2.62. The number of Topliss-reactive ketones (excluding diaryl/α,β-unsaturated/α-hetero) is 2. The van der Waals surface area contributed by atoms with Crippen molar-refractivity contribution < 1.29 is 24.5 Å². The molecule has 2 N–H and O–H groups in total. The zero-order valence-corrected chi connectivity index (χ0v) is 22.0. The fraction of sp³-hybridized carbons (Fsp3) is 0.862. The zero-order chi connectivity index (χ0) is 24.9. The number of hydrogen-bond donors (Lipinski definition) is 2. The Labute approximate surface area is 204 Å². The molecule has 0 radical (unpaired) electrons. The Morgan fingerprint density at radius 3 is 2.44 bits per heavy atom. The number of hydrogen-bond acceptors (Lipinski definition) is 5. The van der Waals surface area contributed by atoms with Crippen LogP contribution in [0.5, 0.6) is 0 Å². The van der Waals surface area contributed by atoms with E-state index in [0.29, 0.717) is 25.7 Å². The molecule has 5 heteroatoms. The van der Waals surface area contributed by atoms with Crippen molar-refractivity contribution in [1.29, 1.82) is 0 Å². The van der Waals surface area contributed by atoms with Crippen molar-refractivity contribution in [1.82, 2.24) is 0 Å². The van der Waals surface area contributed by atoms with E-state index in [9.17, 15) is 19.8 Å². The molecule has 0 aromatic heterocycles. The molecule has 5 rings (SSSR count). The first-order valence-electron chi connectivity index (χ1n) is 13.6. The minimum atomic E-state index is -0.585. The van der Waals surface area contributed by atoms with Crippen LogP contribution in [0.1, 0.15) is 99.3 Å². The maximum atomic E-state index is 14.1. The number of carbonyl (C=O) groups is 2. The Balaban J connectivity index is 1.61. The van der Waals surface area contributed by atoms with Gasteiger partial charge in [-0.2, -0.15) is 0 Å². The van der Waals surface area contributed by atoms with E-state index in [1.54, 1.807) is 0 Å². The van der Waals surface area contributed by atoms with E-state index in [1.807, 2.05) is 6.92 Å². The zero-order valence-electron chi connectivity index (χ0n) is 22.0. The Morgan fingerprint density at radius 1 is 1.09 bits per heavy atom. The number of aliphatic hydroxyl groups is 2. The predicted octanol–water partition coefficient (Wildman–Crippen LogP) is 4.77. The normalized spacial score (nSPS) is 52.5. The minimum Gasteiger partial charge on any atom is -0.396 e. The largest absolute Gasteiger partial charge is 0.396 e. The van der Waals surface area contributed by atoms with Crippen LogP contribution in [0.3, 0.4) is 0 Å². The lowest BCUT2D eigenvalue weighted by atomic mass is 9.42. The molecular weight excluding hydrogens is 428 g/mol. The first-order chi connectivity index (χ1) is 15.9. The van der Waals surface area contributed by atoms with Gasteiger partial charge >= 0.3 is 0 Å². The number of carbonyl (C=O) groups excluding carboxylic acids is 2. The molecule has 2 saturated carbocycles. The van der Waals surface area contributed by atoms with Crippen molar-refractivity contribution >= 4 is 11.6 Å². The van der Waals surface area contributed by atoms with Gasteiger partial charge in [0.25, 0.3) is 0 Å². The van der Waals surface area contributed by atoms with Crippen LogP contribution in [-0.2, 0) is 14.3 Å². The molecule has 1 aliphatic heterocycles. The van der Waals surface area contributed by atoms with Crippen LogP contribution in [-0.4, -0.2) is 46.2 Å². The molecule has 9 atom stereocenters. The fourth-order valence-electron chi connectivity index (χ4n) is 9.82. The van der Waals surface area contributed by atoms with E-state index in [2.05, 4.69) is 34.6 Å². The van der Waals surface area contributed by atoms with Crippen LogP contribution in [0, 0.1) is 33.5 Å². The summed E-state index contributed by atoms with van der Waals surface area (Å²) in [6.07, 6.45) is 5.85. The van der Waals surface area contributed by atoms with Crippen LogP contribution in [0.2, 0.25) is 0 Å². The second kappa shape index (κ2) is 7.49. The smallest absolute Gasteiger partial charge is 0.161 e. The van der Waals surface area contributed by atoms with Crippen molar-refractivity contribution in [2.75, 3.05) is 6.61 Å². The van der Waals surface area contributed by atoms with Gasteiger partial charge in [-0.1, -0.05) is 45.8 Å². The third-order valence-electron chi connectivity index (χ3n) is 12.3. The summed E-state index contributed by atoms with van der Waals surface area (Å²) in [6.45, 7) is 12.9. The second-order valence-corrected chi connectivity index (χ2v) is 13.2. The van der Waals surface area contributed by atoms with Gasteiger partial charge in [0, 0.05) is 23.7 Å². The van der Waals surface area contributed by atoms with Crippen molar-refractivity contribution in [3.05, 3.63) is 11.1 Å². The standard InChI is InChI=1S/C29H44O5/c1-7-20(31)21-14-17(2)29(34-21)15-24(33)28(6)19-8-9-22-25(3,18(19)10-13-27(28,29)5)12-11-23(32)26(22,4)16-30/h17,21-23,30,32H,7-16H2,1-6H3/t17-,21+,22-,23+,25-,26-,27+,28-,29+/m1/s1. The predicted molar refractivity (Wildman–Crippen MR) is 130 cm³/mol. The van der Waals surface area contributed by atoms with E-state index >= 15 is 0 Å². The molecule has 0 bridgehead atoms. The average molecular weight is 473 g/mol. The van der Waals surface area contributed by atoms with E-state index in [-0.39, 0.29) is 46.9 Å². The monoisotopic (exact) mass is 472 g/mol. The van der Waals surface area contributed by atoms with Crippen molar-refractivity contribution in [3.63, 3.8) is 0 Å². The third-order valence-corrected chi connectivity index (χ3v) is 12.3. The van der Waals surface area contributed by atoms with Gasteiger partial charge in [0.15, 0.2) is 5.78 Å². The molecule has 4 aliphatic carbocycles. The van der Waals surface area contributed by atoms with Gasteiger partial charge in [0.1, 0.15) is 11.9 Å². The van der Waals surface area contributed by atoms with Gasteiger partial charge in [-0.05, 0) is 69.1 Å². The molecule has 1 spiro atoms. The summed E-state index contributed by atoms with van der Waals surface area (Å²) < 4.78 is 6.70. The molecule has 0 aromatic rings. The van der Waals surface area contributed by atoms with E-state index in [1.165, 1.54) is 11.1 Å². The molecule has 0 unspecified atom stereocenters. The summed E-state index contributed by atoms with van der Waals surface area (Å²) in [5.41, 5.74) is 0.631. The van der Waals surface area contributed by atoms with Gasteiger partial charge in [-0.3, -0.25) is 9.59 Å². The number of ketones is 2. The highest BCUT2D eigenvalue weighted by Crippen LogP contribution is 2.74. The highest BCUT2D eigenvalue weighted by molar-refractivity contribution is 5.94. The summed E-state index contributed by atoms with van der Waals surface area (Å²) in [5.74, 6) is 0.808. The van der Waals surface area contributed by atoms with E-state index < -0.39 is 22.5 Å². The Kier molecular flexibility index (Phi) is 5.43. The van der Waals surface area contributed by atoms with Crippen LogP contribution < -0.4 is 0 Å². The summed E-state index contributed by atoms with van der Waals surface area (Å²) in [6, 6.07) is 0. The number of rotatable bonds is 3. The molecule has 1 heterocycles. The lowest BCUT2D eigenvalue weighted by Gasteiger charge is -2.62. The first-order valence-corrected chi connectivity index (χ1v) is 13.6. The number of allylic oxidation sites excluding steroid dienone is 2. The number of ether oxygens (including phenoxy) is 1. The van der Waals surface area contributed by atoms with Crippen LogP contribution in [0.4, 0.5) is 0 Å². The summed E-state index contributed by atoms with van der Waals surface area (Å²) >= 11 is 0.